The van der Waals surface area contributed by atoms with Crippen LogP contribution >= 0.6 is 0 Å². The van der Waals surface area contributed by atoms with Crippen molar-refractivity contribution in [2.24, 2.45) is 0 Å². The van der Waals surface area contributed by atoms with Crippen LogP contribution in [0.15, 0.2) is 30.6 Å². The number of amides is 1. The smallest absolute Gasteiger partial charge is 0.254 e. The molecule has 0 radical (unpaired) electrons. The molecule has 1 atom stereocenters. The Kier molecular flexibility index (Phi) is 5.52. The van der Waals surface area contributed by atoms with Crippen molar-refractivity contribution in [1.82, 2.24) is 25.2 Å². The highest BCUT2D eigenvalue weighted by Crippen LogP contribution is 2.19. The van der Waals surface area contributed by atoms with Gasteiger partial charge in [-0.1, -0.05) is 6.07 Å². The van der Waals surface area contributed by atoms with Gasteiger partial charge in [-0.3, -0.25) is 14.7 Å². The summed E-state index contributed by atoms with van der Waals surface area (Å²) in [6.07, 6.45) is 3.22. The second-order valence-corrected chi connectivity index (χ2v) is 5.86. The molecule has 0 spiro atoms. The zero-order valence-corrected chi connectivity index (χ0v) is 14.2. The van der Waals surface area contributed by atoms with Crippen LogP contribution in [-0.2, 0) is 4.74 Å². The molecule has 25 heavy (non-hydrogen) atoms. The third-order valence-corrected chi connectivity index (χ3v) is 4.21. The van der Waals surface area contributed by atoms with Gasteiger partial charge in [0.2, 0.25) is 5.95 Å². The van der Waals surface area contributed by atoms with E-state index in [-0.39, 0.29) is 17.9 Å². The van der Waals surface area contributed by atoms with Gasteiger partial charge in [0.1, 0.15) is 0 Å². The van der Waals surface area contributed by atoms with Crippen molar-refractivity contribution in [2.75, 3.05) is 38.6 Å². The predicted molar refractivity (Wildman–Crippen MR) is 92.9 cm³/mol. The topological polar surface area (TPSA) is 106 Å². The lowest BCUT2D eigenvalue weighted by Gasteiger charge is -2.34. The summed E-state index contributed by atoms with van der Waals surface area (Å²) >= 11 is 0. The van der Waals surface area contributed by atoms with E-state index in [0.29, 0.717) is 31.0 Å². The summed E-state index contributed by atoms with van der Waals surface area (Å²) in [5, 5.41) is 2.97. The van der Waals surface area contributed by atoms with Crippen LogP contribution in [0.4, 0.5) is 5.95 Å². The molecule has 3 N–H and O–H groups in total. The quantitative estimate of drug-likeness (QED) is 0.818. The van der Waals surface area contributed by atoms with E-state index in [1.807, 2.05) is 18.2 Å². The van der Waals surface area contributed by atoms with E-state index < -0.39 is 0 Å². The van der Waals surface area contributed by atoms with Crippen LogP contribution in [-0.4, -0.2) is 58.6 Å². The largest absolute Gasteiger partial charge is 0.379 e. The Morgan fingerprint density at radius 3 is 2.84 bits per heavy atom. The summed E-state index contributed by atoms with van der Waals surface area (Å²) in [6.45, 7) is 5.16. The first-order valence-electron chi connectivity index (χ1n) is 8.25. The number of morpholine rings is 1. The minimum Gasteiger partial charge on any atom is -0.379 e. The van der Waals surface area contributed by atoms with Gasteiger partial charge in [0, 0.05) is 32.0 Å². The number of nitrogens with two attached hydrogens (primary N) is 1. The second kappa shape index (κ2) is 8.00. The normalized spacial score (nSPS) is 16.4. The summed E-state index contributed by atoms with van der Waals surface area (Å²) in [5.74, 6) is -0.0552. The molecule has 1 aliphatic heterocycles. The van der Waals surface area contributed by atoms with Crippen molar-refractivity contribution in [3.05, 3.63) is 47.5 Å². The van der Waals surface area contributed by atoms with Crippen LogP contribution in [0.25, 0.3) is 0 Å². The van der Waals surface area contributed by atoms with Gasteiger partial charge in [-0.25, -0.2) is 9.97 Å². The van der Waals surface area contributed by atoms with E-state index in [1.54, 1.807) is 13.1 Å². The van der Waals surface area contributed by atoms with Crippen LogP contribution in [0.5, 0.6) is 0 Å². The molecule has 0 aromatic carbocycles. The van der Waals surface area contributed by atoms with Gasteiger partial charge in [-0.2, -0.15) is 0 Å². The Labute approximate surface area is 146 Å². The minimum atomic E-state index is -0.216. The van der Waals surface area contributed by atoms with Crippen LogP contribution < -0.4 is 11.1 Å². The number of anilines is 1. The van der Waals surface area contributed by atoms with Crippen molar-refractivity contribution < 1.29 is 9.53 Å². The third kappa shape index (κ3) is 4.28. The lowest BCUT2D eigenvalue weighted by molar-refractivity contribution is 0.0154. The molecule has 8 nitrogen and oxygen atoms in total. The molecule has 1 fully saturated rings. The average molecular weight is 342 g/mol. The number of nitrogen functional groups attached to an aromatic ring is 1. The van der Waals surface area contributed by atoms with Crippen molar-refractivity contribution in [3.63, 3.8) is 0 Å². The van der Waals surface area contributed by atoms with E-state index in [0.717, 1.165) is 18.8 Å². The molecule has 1 aliphatic rings. The van der Waals surface area contributed by atoms with Gasteiger partial charge in [-0.05, 0) is 19.1 Å². The number of nitrogens with one attached hydrogen (secondary N) is 1. The molecule has 1 amide bonds. The fraction of sp³-hybridized carbons (Fsp3) is 0.412. The molecule has 8 heteroatoms. The van der Waals surface area contributed by atoms with Crippen LogP contribution in [0.3, 0.4) is 0 Å². The van der Waals surface area contributed by atoms with Crippen molar-refractivity contribution in [3.8, 4) is 0 Å². The first-order valence-corrected chi connectivity index (χ1v) is 8.25. The SMILES string of the molecule is Cc1nc(N)ncc1C(=O)NC[C@H](c1ccccn1)N1CCOCC1. The first kappa shape index (κ1) is 17.2. The average Bonchev–Trinajstić information content (AvgIpc) is 2.63. The van der Waals surface area contributed by atoms with Crippen molar-refractivity contribution in [1.29, 1.82) is 0 Å². The fourth-order valence-corrected chi connectivity index (χ4v) is 2.88. The van der Waals surface area contributed by atoms with Gasteiger partial charge in [0.05, 0.1) is 36.2 Å². The lowest BCUT2D eigenvalue weighted by atomic mass is 10.1. The number of aryl methyl sites for hydroxylation is 1. The molecular formula is C17H22N6O2. The monoisotopic (exact) mass is 342 g/mol. The maximum atomic E-state index is 12.5. The molecule has 3 heterocycles. The number of carbonyl (C=O) groups excluding carboxylic acids is 1. The summed E-state index contributed by atoms with van der Waals surface area (Å²) in [5.41, 5.74) is 7.46. The summed E-state index contributed by atoms with van der Waals surface area (Å²) in [4.78, 5) is 27.2. The number of aromatic nitrogens is 3. The summed E-state index contributed by atoms with van der Waals surface area (Å²) in [7, 11) is 0. The zero-order valence-electron chi connectivity index (χ0n) is 14.2. The third-order valence-electron chi connectivity index (χ3n) is 4.21. The van der Waals surface area contributed by atoms with E-state index in [4.69, 9.17) is 10.5 Å². The molecular weight excluding hydrogens is 320 g/mol. The summed E-state index contributed by atoms with van der Waals surface area (Å²) in [6, 6.07) is 5.80. The first-order chi connectivity index (χ1) is 12.1. The molecule has 3 rings (SSSR count). The van der Waals surface area contributed by atoms with Gasteiger partial charge >= 0.3 is 0 Å². The number of ether oxygens (including phenoxy) is 1. The van der Waals surface area contributed by atoms with E-state index in [9.17, 15) is 4.79 Å². The van der Waals surface area contributed by atoms with Crippen molar-refractivity contribution >= 4 is 11.9 Å². The van der Waals surface area contributed by atoms with Gasteiger partial charge < -0.3 is 15.8 Å². The van der Waals surface area contributed by atoms with E-state index in [2.05, 4.69) is 25.2 Å². The minimum absolute atomic E-state index is 0.0101. The second-order valence-electron chi connectivity index (χ2n) is 5.86. The highest BCUT2D eigenvalue weighted by Gasteiger charge is 2.24. The Bertz CT molecular complexity index is 718. The maximum absolute atomic E-state index is 12.5. The Balaban J connectivity index is 1.72. The van der Waals surface area contributed by atoms with E-state index >= 15 is 0 Å². The Morgan fingerprint density at radius 2 is 2.16 bits per heavy atom. The number of carbonyl (C=O) groups is 1. The highest BCUT2D eigenvalue weighted by molar-refractivity contribution is 5.95. The van der Waals surface area contributed by atoms with Gasteiger partial charge in [0.15, 0.2) is 0 Å². The highest BCUT2D eigenvalue weighted by atomic mass is 16.5. The molecule has 0 unspecified atom stereocenters. The van der Waals surface area contributed by atoms with Crippen LogP contribution in [0.2, 0.25) is 0 Å². The molecule has 0 saturated carbocycles. The fourth-order valence-electron chi connectivity index (χ4n) is 2.88. The molecule has 2 aromatic rings. The molecule has 1 saturated heterocycles. The summed E-state index contributed by atoms with van der Waals surface area (Å²) < 4.78 is 5.43. The zero-order chi connectivity index (χ0) is 17.6. The number of hydrogen-bond donors (Lipinski definition) is 2. The van der Waals surface area contributed by atoms with Crippen LogP contribution in [0.1, 0.15) is 27.8 Å². The van der Waals surface area contributed by atoms with E-state index in [1.165, 1.54) is 6.20 Å². The molecule has 0 bridgehead atoms. The molecule has 2 aromatic heterocycles. The van der Waals surface area contributed by atoms with Crippen molar-refractivity contribution in [2.45, 2.75) is 13.0 Å². The van der Waals surface area contributed by atoms with Crippen LogP contribution in [0, 0.1) is 6.92 Å². The Morgan fingerprint density at radius 1 is 1.36 bits per heavy atom. The van der Waals surface area contributed by atoms with Gasteiger partial charge in [0.25, 0.3) is 5.91 Å². The number of rotatable bonds is 5. The number of nitrogens with zero attached hydrogens (tertiary/aromatic N) is 4. The lowest BCUT2D eigenvalue weighted by Crippen LogP contribution is -2.44. The predicted octanol–water partition coefficient (Wildman–Crippen LogP) is 0.566. The molecule has 0 aliphatic carbocycles. The molecule has 132 valence electrons. The standard InChI is InChI=1S/C17H22N6O2/c1-12-13(10-21-17(18)22-12)16(24)20-11-15(14-4-2-3-5-19-14)23-6-8-25-9-7-23/h2-5,10,15H,6-9,11H2,1H3,(H,20,24)(H2,18,21,22)/t15-/m1/s1. The van der Waals surface area contributed by atoms with Gasteiger partial charge in [-0.15, -0.1) is 0 Å². The number of hydrogen-bond acceptors (Lipinski definition) is 7. The maximum Gasteiger partial charge on any atom is 0.254 e. The number of pyridine rings is 1. The Hall–Kier alpha value is -2.58.